The summed E-state index contributed by atoms with van der Waals surface area (Å²) >= 11 is 5.54. The van der Waals surface area contributed by atoms with Gasteiger partial charge in [-0.2, -0.15) is 13.2 Å². The zero-order chi connectivity index (χ0) is 19.5. The Morgan fingerprint density at radius 1 is 1.12 bits per heavy atom. The SMILES string of the molecule is C[NH+](C)[C@@H](CNS(=O)(=O)c1ccc(Cl)c(C(F)(F)F)c1)c1ccccc1. The summed E-state index contributed by atoms with van der Waals surface area (Å²) in [4.78, 5) is 0.501. The van der Waals surface area contributed by atoms with Crippen LogP contribution in [0.4, 0.5) is 13.2 Å². The van der Waals surface area contributed by atoms with E-state index in [1.165, 1.54) is 0 Å². The summed E-state index contributed by atoms with van der Waals surface area (Å²) in [6.07, 6.45) is -4.73. The molecule has 0 bridgehead atoms. The summed E-state index contributed by atoms with van der Waals surface area (Å²) in [6.45, 7) is 0.0403. The van der Waals surface area contributed by atoms with E-state index in [1.54, 1.807) is 0 Å². The number of sulfonamides is 1. The van der Waals surface area contributed by atoms with Gasteiger partial charge in [0.2, 0.25) is 10.0 Å². The number of alkyl halides is 3. The number of rotatable bonds is 6. The number of benzene rings is 2. The van der Waals surface area contributed by atoms with Crippen LogP contribution in [-0.4, -0.2) is 29.1 Å². The minimum Gasteiger partial charge on any atom is -0.333 e. The molecule has 0 aliphatic carbocycles. The van der Waals surface area contributed by atoms with Crippen LogP contribution in [-0.2, 0) is 16.2 Å². The van der Waals surface area contributed by atoms with E-state index in [0.29, 0.717) is 6.07 Å². The number of likely N-dealkylation sites (N-methyl/N-ethyl adjacent to an activating group) is 1. The topological polar surface area (TPSA) is 50.6 Å². The van der Waals surface area contributed by atoms with Gasteiger partial charge < -0.3 is 4.90 Å². The van der Waals surface area contributed by atoms with Gasteiger partial charge >= 0.3 is 6.18 Å². The van der Waals surface area contributed by atoms with Crippen molar-refractivity contribution in [2.45, 2.75) is 17.1 Å². The summed E-state index contributed by atoms with van der Waals surface area (Å²) in [5.74, 6) is 0. The lowest BCUT2D eigenvalue weighted by molar-refractivity contribution is -0.890. The monoisotopic (exact) mass is 407 g/mol. The minimum atomic E-state index is -4.73. The first kappa shape index (κ1) is 20.7. The van der Waals surface area contributed by atoms with Crippen LogP contribution in [0.2, 0.25) is 5.02 Å². The third-order valence-corrected chi connectivity index (χ3v) is 5.68. The van der Waals surface area contributed by atoms with Gasteiger partial charge in [-0.25, -0.2) is 13.1 Å². The summed E-state index contributed by atoms with van der Waals surface area (Å²) in [5.41, 5.74) is -0.262. The summed E-state index contributed by atoms with van der Waals surface area (Å²) in [6, 6.07) is 11.6. The Kier molecular flexibility index (Phi) is 6.33. The fourth-order valence-electron chi connectivity index (χ4n) is 2.51. The van der Waals surface area contributed by atoms with E-state index in [2.05, 4.69) is 4.72 Å². The van der Waals surface area contributed by atoms with Crippen LogP contribution in [0.3, 0.4) is 0 Å². The number of nitrogens with one attached hydrogen (secondary N) is 2. The van der Waals surface area contributed by atoms with Crippen LogP contribution in [0.15, 0.2) is 53.4 Å². The van der Waals surface area contributed by atoms with Gasteiger partial charge in [0.1, 0.15) is 6.04 Å². The van der Waals surface area contributed by atoms with Crippen LogP contribution in [0.1, 0.15) is 17.2 Å². The quantitative estimate of drug-likeness (QED) is 0.773. The van der Waals surface area contributed by atoms with Crippen molar-refractivity contribution in [1.82, 2.24) is 4.72 Å². The Morgan fingerprint density at radius 2 is 1.73 bits per heavy atom. The lowest BCUT2D eigenvalue weighted by atomic mass is 10.1. The fourth-order valence-corrected chi connectivity index (χ4v) is 3.80. The second kappa shape index (κ2) is 7.96. The highest BCUT2D eigenvalue weighted by Crippen LogP contribution is 2.35. The number of quaternary nitrogens is 1. The Balaban J connectivity index is 2.26. The van der Waals surface area contributed by atoms with Crippen LogP contribution >= 0.6 is 11.6 Å². The molecule has 0 aliphatic rings. The maximum atomic E-state index is 13.0. The highest BCUT2D eigenvalue weighted by atomic mass is 35.5. The Morgan fingerprint density at radius 3 is 2.27 bits per heavy atom. The second-order valence-electron chi connectivity index (χ2n) is 6.03. The van der Waals surface area contributed by atoms with Crippen LogP contribution in [0.5, 0.6) is 0 Å². The number of hydrogen-bond acceptors (Lipinski definition) is 2. The zero-order valence-corrected chi connectivity index (χ0v) is 15.7. The van der Waals surface area contributed by atoms with E-state index < -0.39 is 31.7 Å². The van der Waals surface area contributed by atoms with Crippen molar-refractivity contribution >= 4 is 21.6 Å². The Labute approximate surface area is 155 Å². The average Bonchev–Trinajstić information content (AvgIpc) is 2.54. The molecule has 0 heterocycles. The van der Waals surface area contributed by atoms with Gasteiger partial charge in [0.05, 0.1) is 36.1 Å². The van der Waals surface area contributed by atoms with Gasteiger partial charge in [-0.15, -0.1) is 0 Å². The summed E-state index contributed by atoms with van der Waals surface area (Å²) in [7, 11) is -0.376. The van der Waals surface area contributed by atoms with Crippen molar-refractivity contribution in [3.63, 3.8) is 0 Å². The molecule has 26 heavy (non-hydrogen) atoms. The van der Waals surface area contributed by atoms with Crippen LogP contribution < -0.4 is 9.62 Å². The molecule has 142 valence electrons. The lowest BCUT2D eigenvalue weighted by Crippen LogP contribution is -3.07. The van der Waals surface area contributed by atoms with Crippen LogP contribution in [0, 0.1) is 0 Å². The first-order valence-corrected chi connectivity index (χ1v) is 9.60. The highest BCUT2D eigenvalue weighted by molar-refractivity contribution is 7.89. The van der Waals surface area contributed by atoms with Gasteiger partial charge in [0, 0.05) is 5.56 Å². The number of hydrogen-bond donors (Lipinski definition) is 2. The van der Waals surface area contributed by atoms with Gasteiger partial charge in [0.15, 0.2) is 0 Å². The molecule has 1 atom stereocenters. The zero-order valence-electron chi connectivity index (χ0n) is 14.1. The third kappa shape index (κ3) is 4.97. The highest BCUT2D eigenvalue weighted by Gasteiger charge is 2.34. The number of halogens is 4. The molecular weight excluding hydrogens is 389 g/mol. The first-order chi connectivity index (χ1) is 12.0. The molecule has 0 amide bonds. The molecule has 0 aromatic heterocycles. The summed E-state index contributed by atoms with van der Waals surface area (Å²) in [5, 5.41) is -0.545. The predicted octanol–water partition coefficient (Wildman–Crippen LogP) is 2.52. The molecule has 0 aliphatic heterocycles. The standard InChI is InChI=1S/C17H18ClF3N2O2S/c1-23(2)16(12-6-4-3-5-7-12)11-22-26(24,25)13-8-9-15(18)14(10-13)17(19,20)21/h3-10,16,22H,11H2,1-2H3/p+1/t16-/m0/s1. The van der Waals surface area contributed by atoms with Crippen molar-refractivity contribution < 1.29 is 26.5 Å². The molecule has 0 spiro atoms. The van der Waals surface area contributed by atoms with E-state index in [4.69, 9.17) is 11.6 Å². The fraction of sp³-hybridized carbons (Fsp3) is 0.294. The molecular formula is C17H19ClF3N2O2S+. The van der Waals surface area contributed by atoms with E-state index in [1.807, 2.05) is 44.4 Å². The first-order valence-electron chi connectivity index (χ1n) is 7.74. The van der Waals surface area contributed by atoms with Crippen molar-refractivity contribution in [2.75, 3.05) is 20.6 Å². The molecule has 2 N–H and O–H groups in total. The molecule has 2 rings (SSSR count). The molecule has 4 nitrogen and oxygen atoms in total. The molecule has 9 heteroatoms. The molecule has 0 radical (unpaired) electrons. The van der Waals surface area contributed by atoms with Crippen LogP contribution in [0.25, 0.3) is 0 Å². The molecule has 0 unspecified atom stereocenters. The molecule has 0 fully saturated rings. The maximum absolute atomic E-state index is 13.0. The second-order valence-corrected chi connectivity index (χ2v) is 8.21. The van der Waals surface area contributed by atoms with E-state index >= 15 is 0 Å². The Bertz CT molecular complexity index is 856. The smallest absolute Gasteiger partial charge is 0.333 e. The van der Waals surface area contributed by atoms with Crippen molar-refractivity contribution in [3.05, 3.63) is 64.7 Å². The largest absolute Gasteiger partial charge is 0.417 e. The van der Waals surface area contributed by atoms with E-state index in [-0.39, 0.29) is 12.6 Å². The average molecular weight is 408 g/mol. The van der Waals surface area contributed by atoms with E-state index in [0.717, 1.165) is 22.6 Å². The maximum Gasteiger partial charge on any atom is 0.417 e. The van der Waals surface area contributed by atoms with Gasteiger partial charge in [-0.1, -0.05) is 41.9 Å². The Hall–Kier alpha value is -1.61. The molecule has 0 saturated heterocycles. The summed E-state index contributed by atoms with van der Waals surface area (Å²) < 4.78 is 66.2. The minimum absolute atomic E-state index is 0.0403. The van der Waals surface area contributed by atoms with Gasteiger partial charge in [0.25, 0.3) is 0 Å². The van der Waals surface area contributed by atoms with Gasteiger partial charge in [-0.3, -0.25) is 0 Å². The molecule has 0 saturated carbocycles. The molecule has 2 aromatic carbocycles. The van der Waals surface area contributed by atoms with Crippen molar-refractivity contribution in [1.29, 1.82) is 0 Å². The normalized spacial score (nSPS) is 13.8. The third-order valence-electron chi connectivity index (χ3n) is 3.93. The lowest BCUT2D eigenvalue weighted by Gasteiger charge is -2.22. The predicted molar refractivity (Wildman–Crippen MR) is 93.6 cm³/mol. The van der Waals surface area contributed by atoms with Crippen molar-refractivity contribution in [2.24, 2.45) is 0 Å². The molecule has 2 aromatic rings. The van der Waals surface area contributed by atoms with Gasteiger partial charge in [-0.05, 0) is 18.2 Å². The van der Waals surface area contributed by atoms with E-state index in [9.17, 15) is 21.6 Å². The van der Waals surface area contributed by atoms with Crippen molar-refractivity contribution in [3.8, 4) is 0 Å².